The van der Waals surface area contributed by atoms with E-state index in [1.807, 2.05) is 43.3 Å². The Morgan fingerprint density at radius 2 is 1.81 bits per heavy atom. The Morgan fingerprint density at radius 1 is 1.07 bits per heavy atom. The molecule has 3 aliphatic heterocycles. The van der Waals surface area contributed by atoms with Crippen molar-refractivity contribution in [3.05, 3.63) is 71.3 Å². The highest BCUT2D eigenvalue weighted by atomic mass is 35.5. The summed E-state index contributed by atoms with van der Waals surface area (Å²) in [7, 11) is 0. The molecule has 0 aromatic heterocycles. The maximum absolute atomic E-state index is 14.2. The van der Waals surface area contributed by atoms with Crippen molar-refractivity contribution >= 4 is 35.0 Å². The lowest BCUT2D eigenvalue weighted by Gasteiger charge is -2.36. The maximum atomic E-state index is 14.2. The van der Waals surface area contributed by atoms with Crippen LogP contribution in [0.2, 0.25) is 5.02 Å². The molecule has 1 spiro atoms. The van der Waals surface area contributed by atoms with E-state index in [1.54, 1.807) is 29.2 Å². The molecule has 3 amide bonds. The Bertz CT molecular complexity index is 1360. The van der Waals surface area contributed by atoms with Gasteiger partial charge in [0.25, 0.3) is 0 Å². The quantitative estimate of drug-likeness (QED) is 0.410. The van der Waals surface area contributed by atoms with Crippen LogP contribution in [0, 0.1) is 17.8 Å². The third-order valence-corrected chi connectivity index (χ3v) is 9.60. The molecule has 6 rings (SSSR count). The smallest absolute Gasteiger partial charge is 0.246 e. The van der Waals surface area contributed by atoms with Crippen LogP contribution in [0.25, 0.3) is 0 Å². The summed E-state index contributed by atoms with van der Waals surface area (Å²) >= 11 is 6.08. The minimum Gasteiger partial charge on any atom is -0.494 e. The van der Waals surface area contributed by atoms with Gasteiger partial charge in [-0.05, 0) is 74.1 Å². The molecule has 0 radical (unpaired) electrons. The van der Waals surface area contributed by atoms with Crippen LogP contribution in [0.15, 0.2) is 60.7 Å². The van der Waals surface area contributed by atoms with Gasteiger partial charge in [0.2, 0.25) is 17.7 Å². The van der Waals surface area contributed by atoms with Gasteiger partial charge in [-0.1, -0.05) is 55.7 Å². The molecule has 1 aliphatic carbocycles. The Morgan fingerprint density at radius 3 is 2.52 bits per heavy atom. The van der Waals surface area contributed by atoms with Crippen LogP contribution in [0.4, 0.5) is 5.69 Å². The number of likely N-dealkylation sites (tertiary alicyclic amines) is 1. The van der Waals surface area contributed by atoms with Crippen LogP contribution in [-0.2, 0) is 25.5 Å². The minimum atomic E-state index is -1.19. The normalized spacial score (nSPS) is 31.2. The van der Waals surface area contributed by atoms with Gasteiger partial charge in [0.15, 0.2) is 0 Å². The van der Waals surface area contributed by atoms with E-state index in [-0.39, 0.29) is 23.8 Å². The Hall–Kier alpha value is -3.36. The first kappa shape index (κ1) is 28.7. The number of benzene rings is 2. The van der Waals surface area contributed by atoms with Gasteiger partial charge in [-0.15, -0.1) is 0 Å². The van der Waals surface area contributed by atoms with Gasteiger partial charge in [-0.3, -0.25) is 14.4 Å². The highest BCUT2D eigenvalue weighted by molar-refractivity contribution is 6.30. The lowest BCUT2D eigenvalue weighted by atomic mass is 9.74. The summed E-state index contributed by atoms with van der Waals surface area (Å²) in [6, 6.07) is 13.8. The number of ether oxygens (including phenoxy) is 2. The number of anilines is 1. The molecule has 2 N–H and O–H groups in total. The van der Waals surface area contributed by atoms with Gasteiger partial charge in [0, 0.05) is 23.3 Å². The fourth-order valence-electron chi connectivity index (χ4n) is 7.23. The molecule has 222 valence electrons. The summed E-state index contributed by atoms with van der Waals surface area (Å²) in [6.07, 6.45) is 7.88. The number of nitrogens with zero attached hydrogens (tertiary/aromatic N) is 1. The second-order valence-corrected chi connectivity index (χ2v) is 12.4. The topological polar surface area (TPSA) is 97.0 Å². The first-order valence-electron chi connectivity index (χ1n) is 15.1. The molecule has 3 heterocycles. The lowest BCUT2D eigenvalue weighted by Crippen LogP contribution is -2.57. The van der Waals surface area contributed by atoms with Crippen molar-refractivity contribution in [1.29, 1.82) is 0 Å². The average Bonchev–Trinajstić information content (AvgIpc) is 3.62. The summed E-state index contributed by atoms with van der Waals surface area (Å²) in [4.78, 5) is 43.7. The standard InChI is InChI=1S/C33H38ClN3O5/c1-3-41-24-14-12-23(13-15-24)35-30(38)27-26-16-18-33(42-26)28(27)32(40)37(19-17-21-8-10-22(34)11-9-21)29(33)31(39)36-25-7-5-4-6-20(25)2/h8-16,18,20,25-29H,3-7,17,19H2,1-2H3,(H,35,38)(H,36,39)/t20-,25+,26+,27-,28+,29+,33+/m0/s1. The van der Waals surface area contributed by atoms with Crippen LogP contribution in [0.3, 0.4) is 0 Å². The van der Waals surface area contributed by atoms with Crippen LogP contribution in [-0.4, -0.2) is 59.6 Å². The number of hydrogen-bond donors (Lipinski definition) is 2. The van der Waals surface area contributed by atoms with Gasteiger partial charge >= 0.3 is 0 Å². The number of fused-ring (bicyclic) bond motifs is 1. The summed E-state index contributed by atoms with van der Waals surface area (Å²) in [5, 5.41) is 6.89. The van der Waals surface area contributed by atoms with Crippen molar-refractivity contribution in [2.45, 2.75) is 69.7 Å². The molecule has 8 nitrogen and oxygen atoms in total. The SMILES string of the molecule is CCOc1ccc(NC(=O)[C@H]2[C@H]3C=C[C@@]4(O3)[C@H]2C(=O)N(CCc2ccc(Cl)cc2)[C@@H]4C(=O)N[C@@H]2CCCC[C@@H]2C)cc1. The highest BCUT2D eigenvalue weighted by Crippen LogP contribution is 2.55. The fourth-order valence-corrected chi connectivity index (χ4v) is 7.35. The monoisotopic (exact) mass is 591 g/mol. The van der Waals surface area contributed by atoms with Gasteiger partial charge in [-0.25, -0.2) is 0 Å². The van der Waals surface area contributed by atoms with E-state index in [4.69, 9.17) is 21.1 Å². The third kappa shape index (κ3) is 5.20. The van der Waals surface area contributed by atoms with Crippen LogP contribution < -0.4 is 15.4 Å². The van der Waals surface area contributed by atoms with Crippen molar-refractivity contribution in [3.8, 4) is 5.75 Å². The molecule has 9 heteroatoms. The molecule has 42 heavy (non-hydrogen) atoms. The van der Waals surface area contributed by atoms with Crippen LogP contribution in [0.1, 0.15) is 45.1 Å². The summed E-state index contributed by atoms with van der Waals surface area (Å²) in [6.45, 7) is 4.96. The van der Waals surface area contributed by atoms with E-state index < -0.39 is 29.6 Å². The third-order valence-electron chi connectivity index (χ3n) is 9.35. The van der Waals surface area contributed by atoms with E-state index in [0.29, 0.717) is 41.9 Å². The Labute approximate surface area is 251 Å². The van der Waals surface area contributed by atoms with E-state index in [9.17, 15) is 14.4 Å². The largest absolute Gasteiger partial charge is 0.494 e. The number of amides is 3. The molecule has 0 unspecified atom stereocenters. The predicted octanol–water partition coefficient (Wildman–Crippen LogP) is 4.77. The number of rotatable bonds is 9. The Balaban J connectivity index is 1.27. The van der Waals surface area contributed by atoms with Crippen molar-refractivity contribution in [2.75, 3.05) is 18.5 Å². The molecule has 2 aromatic carbocycles. The minimum absolute atomic E-state index is 0.0521. The summed E-state index contributed by atoms with van der Waals surface area (Å²) in [5.41, 5.74) is 0.423. The molecular formula is C33H38ClN3O5. The average molecular weight is 592 g/mol. The zero-order valence-electron chi connectivity index (χ0n) is 24.1. The molecule has 7 atom stereocenters. The summed E-state index contributed by atoms with van der Waals surface area (Å²) < 4.78 is 12.0. The van der Waals surface area contributed by atoms with Gasteiger partial charge in [0.05, 0.1) is 24.5 Å². The van der Waals surface area contributed by atoms with Gasteiger partial charge in [-0.2, -0.15) is 0 Å². The predicted molar refractivity (Wildman–Crippen MR) is 160 cm³/mol. The maximum Gasteiger partial charge on any atom is 0.246 e. The molecular weight excluding hydrogens is 554 g/mol. The Kier molecular flexibility index (Phi) is 8.03. The van der Waals surface area contributed by atoms with Gasteiger partial charge < -0.3 is 25.0 Å². The number of nitrogens with one attached hydrogen (secondary N) is 2. The van der Waals surface area contributed by atoms with Crippen molar-refractivity contribution < 1.29 is 23.9 Å². The van der Waals surface area contributed by atoms with E-state index >= 15 is 0 Å². The van der Waals surface area contributed by atoms with Crippen molar-refractivity contribution in [3.63, 3.8) is 0 Å². The first-order chi connectivity index (χ1) is 20.3. The molecule has 2 aromatic rings. The highest BCUT2D eigenvalue weighted by Gasteiger charge is 2.72. The second kappa shape index (κ2) is 11.7. The molecule has 1 saturated carbocycles. The van der Waals surface area contributed by atoms with Crippen LogP contribution >= 0.6 is 11.6 Å². The zero-order chi connectivity index (χ0) is 29.4. The van der Waals surface area contributed by atoms with E-state index in [1.165, 1.54) is 0 Å². The van der Waals surface area contributed by atoms with Gasteiger partial charge in [0.1, 0.15) is 17.4 Å². The number of hydrogen-bond acceptors (Lipinski definition) is 5. The van der Waals surface area contributed by atoms with E-state index in [0.717, 1.165) is 31.2 Å². The first-order valence-corrected chi connectivity index (χ1v) is 15.4. The molecule has 2 saturated heterocycles. The van der Waals surface area contributed by atoms with Crippen molar-refractivity contribution in [1.82, 2.24) is 10.2 Å². The zero-order valence-corrected chi connectivity index (χ0v) is 24.8. The number of carbonyl (C=O) groups excluding carboxylic acids is 3. The summed E-state index contributed by atoms with van der Waals surface area (Å²) in [5.74, 6) is -1.20. The van der Waals surface area contributed by atoms with Crippen LogP contribution in [0.5, 0.6) is 5.75 Å². The molecule has 4 aliphatic rings. The fraction of sp³-hybridized carbons (Fsp3) is 0.485. The molecule has 2 bridgehead atoms. The second-order valence-electron chi connectivity index (χ2n) is 11.9. The number of halogens is 1. The molecule has 3 fully saturated rings. The van der Waals surface area contributed by atoms with Crippen molar-refractivity contribution in [2.24, 2.45) is 17.8 Å². The van der Waals surface area contributed by atoms with E-state index in [2.05, 4.69) is 17.6 Å². The number of carbonyl (C=O) groups is 3. The lowest BCUT2D eigenvalue weighted by molar-refractivity contribution is -0.141.